The monoisotopic (exact) mass is 207 g/mol. The van der Waals surface area contributed by atoms with E-state index in [1.807, 2.05) is 12.4 Å². The Morgan fingerprint density at radius 1 is 1.47 bits per heavy atom. The largest absolute Gasteiger partial charge is 0.338 e. The molecule has 1 aliphatic carbocycles. The predicted molar refractivity (Wildman–Crippen MR) is 61.5 cm³/mol. The lowest BCUT2D eigenvalue weighted by Gasteiger charge is -2.28. The Morgan fingerprint density at radius 3 is 2.93 bits per heavy atom. The third-order valence-electron chi connectivity index (χ3n) is 3.63. The summed E-state index contributed by atoms with van der Waals surface area (Å²) in [5.74, 6) is 1.91. The second kappa shape index (κ2) is 4.79. The summed E-state index contributed by atoms with van der Waals surface area (Å²) in [7, 11) is 2.06. The first-order valence-corrected chi connectivity index (χ1v) is 5.99. The van der Waals surface area contributed by atoms with Crippen LogP contribution in [0.4, 0.5) is 0 Å². The maximum Gasteiger partial charge on any atom is 0.108 e. The zero-order valence-electron chi connectivity index (χ0n) is 9.52. The van der Waals surface area contributed by atoms with Crippen molar-refractivity contribution >= 4 is 0 Å². The number of nitrogens with two attached hydrogens (primary N) is 1. The first-order valence-electron chi connectivity index (χ1n) is 5.99. The van der Waals surface area contributed by atoms with Crippen molar-refractivity contribution in [3.05, 3.63) is 18.2 Å². The molecule has 2 N–H and O–H groups in total. The predicted octanol–water partition coefficient (Wildman–Crippen LogP) is 1.87. The topological polar surface area (TPSA) is 43.8 Å². The van der Waals surface area contributed by atoms with Crippen molar-refractivity contribution < 1.29 is 0 Å². The highest BCUT2D eigenvalue weighted by atomic mass is 15.0. The van der Waals surface area contributed by atoms with Gasteiger partial charge in [0, 0.05) is 31.9 Å². The third kappa shape index (κ3) is 2.59. The molecule has 2 unspecified atom stereocenters. The fraction of sp³-hybridized carbons (Fsp3) is 0.750. The van der Waals surface area contributed by atoms with E-state index in [9.17, 15) is 0 Å². The summed E-state index contributed by atoms with van der Waals surface area (Å²) < 4.78 is 2.11. The van der Waals surface area contributed by atoms with E-state index in [0.29, 0.717) is 6.04 Å². The van der Waals surface area contributed by atoms with E-state index in [1.54, 1.807) is 0 Å². The molecular formula is C12H21N3. The lowest BCUT2D eigenvalue weighted by Crippen LogP contribution is -2.33. The molecule has 15 heavy (non-hydrogen) atoms. The average molecular weight is 207 g/mol. The van der Waals surface area contributed by atoms with E-state index in [2.05, 4.69) is 16.6 Å². The number of nitrogens with zero attached hydrogens (tertiary/aromatic N) is 2. The molecular weight excluding hydrogens is 186 g/mol. The number of aryl methyl sites for hydroxylation is 2. The molecule has 1 fully saturated rings. The highest BCUT2D eigenvalue weighted by Gasteiger charge is 2.21. The van der Waals surface area contributed by atoms with Gasteiger partial charge in [-0.3, -0.25) is 0 Å². The second-order valence-corrected chi connectivity index (χ2v) is 4.70. The van der Waals surface area contributed by atoms with E-state index < -0.39 is 0 Å². The fourth-order valence-electron chi connectivity index (χ4n) is 2.55. The van der Waals surface area contributed by atoms with Crippen LogP contribution >= 0.6 is 0 Å². The Bertz CT molecular complexity index is 306. The molecule has 3 heteroatoms. The highest BCUT2D eigenvalue weighted by Crippen LogP contribution is 2.26. The van der Waals surface area contributed by atoms with Crippen LogP contribution in [0.25, 0.3) is 0 Å². The van der Waals surface area contributed by atoms with Gasteiger partial charge in [-0.1, -0.05) is 12.8 Å². The molecule has 0 spiro atoms. The molecule has 1 aromatic heterocycles. The van der Waals surface area contributed by atoms with E-state index in [1.165, 1.54) is 37.9 Å². The van der Waals surface area contributed by atoms with Crippen LogP contribution in [0.1, 0.15) is 37.9 Å². The lowest BCUT2D eigenvalue weighted by atomic mass is 9.82. The van der Waals surface area contributed by atoms with Gasteiger partial charge in [-0.15, -0.1) is 0 Å². The van der Waals surface area contributed by atoms with Gasteiger partial charge in [0.15, 0.2) is 0 Å². The molecule has 0 aliphatic heterocycles. The molecule has 1 heterocycles. The van der Waals surface area contributed by atoms with Crippen LogP contribution in [0.5, 0.6) is 0 Å². The van der Waals surface area contributed by atoms with Crippen LogP contribution in [-0.2, 0) is 13.5 Å². The summed E-state index contributed by atoms with van der Waals surface area (Å²) in [4.78, 5) is 4.35. The summed E-state index contributed by atoms with van der Waals surface area (Å²) in [6, 6.07) is 0.430. The molecule has 84 valence electrons. The van der Waals surface area contributed by atoms with Crippen LogP contribution in [0.2, 0.25) is 0 Å². The molecule has 0 saturated heterocycles. The molecule has 0 radical (unpaired) electrons. The number of imidazole rings is 1. The molecule has 3 nitrogen and oxygen atoms in total. The van der Waals surface area contributed by atoms with Crippen molar-refractivity contribution in [1.82, 2.24) is 9.55 Å². The van der Waals surface area contributed by atoms with Crippen molar-refractivity contribution in [3.63, 3.8) is 0 Å². The number of hydrogen-bond donors (Lipinski definition) is 1. The van der Waals surface area contributed by atoms with Gasteiger partial charge in [-0.2, -0.15) is 0 Å². The Hall–Kier alpha value is -0.830. The molecule has 2 rings (SSSR count). The number of aromatic nitrogens is 2. The molecule has 0 amide bonds. The lowest BCUT2D eigenvalue weighted by molar-refractivity contribution is 0.290. The van der Waals surface area contributed by atoms with Gasteiger partial charge in [0.1, 0.15) is 5.82 Å². The maximum absolute atomic E-state index is 6.13. The fourth-order valence-corrected chi connectivity index (χ4v) is 2.55. The summed E-state index contributed by atoms with van der Waals surface area (Å²) in [6.07, 6.45) is 11.4. The van der Waals surface area contributed by atoms with Gasteiger partial charge in [-0.05, 0) is 25.2 Å². The summed E-state index contributed by atoms with van der Waals surface area (Å²) in [6.45, 7) is 0. The van der Waals surface area contributed by atoms with Gasteiger partial charge in [0.05, 0.1) is 0 Å². The minimum absolute atomic E-state index is 0.430. The van der Waals surface area contributed by atoms with Crippen molar-refractivity contribution in [2.45, 2.75) is 44.6 Å². The summed E-state index contributed by atoms with van der Waals surface area (Å²) in [5, 5.41) is 0. The maximum atomic E-state index is 6.13. The summed E-state index contributed by atoms with van der Waals surface area (Å²) in [5.41, 5.74) is 6.13. The van der Waals surface area contributed by atoms with Gasteiger partial charge in [-0.25, -0.2) is 4.98 Å². The number of rotatable bonds is 3. The minimum Gasteiger partial charge on any atom is -0.338 e. The van der Waals surface area contributed by atoms with Gasteiger partial charge in [0.25, 0.3) is 0 Å². The average Bonchev–Trinajstić information content (AvgIpc) is 2.63. The van der Waals surface area contributed by atoms with E-state index in [-0.39, 0.29) is 0 Å². The van der Waals surface area contributed by atoms with Crippen LogP contribution in [0.15, 0.2) is 12.4 Å². The Balaban J connectivity index is 1.84. The van der Waals surface area contributed by atoms with Crippen LogP contribution < -0.4 is 5.73 Å². The highest BCUT2D eigenvalue weighted by molar-refractivity contribution is 4.92. The van der Waals surface area contributed by atoms with E-state index >= 15 is 0 Å². The van der Waals surface area contributed by atoms with Crippen molar-refractivity contribution in [3.8, 4) is 0 Å². The van der Waals surface area contributed by atoms with Crippen LogP contribution in [0.3, 0.4) is 0 Å². The first-order chi connectivity index (χ1) is 7.27. The number of hydrogen-bond acceptors (Lipinski definition) is 2. The molecule has 2 atom stereocenters. The van der Waals surface area contributed by atoms with Gasteiger partial charge in [0.2, 0.25) is 0 Å². The van der Waals surface area contributed by atoms with E-state index in [0.717, 1.165) is 12.3 Å². The molecule has 1 aliphatic rings. The second-order valence-electron chi connectivity index (χ2n) is 4.70. The SMILES string of the molecule is Cn1ccnc1CCC1CCCCC1N. The molecule has 0 aromatic carbocycles. The Labute approximate surface area is 91.7 Å². The standard InChI is InChI=1S/C12H21N3/c1-15-9-8-14-12(15)7-6-10-4-2-3-5-11(10)13/h8-11H,2-7,13H2,1H3. The smallest absolute Gasteiger partial charge is 0.108 e. The normalized spacial score (nSPS) is 26.8. The molecule has 0 bridgehead atoms. The first kappa shape index (κ1) is 10.7. The van der Waals surface area contributed by atoms with Crippen molar-refractivity contribution in [2.24, 2.45) is 18.7 Å². The summed E-state index contributed by atoms with van der Waals surface area (Å²) >= 11 is 0. The van der Waals surface area contributed by atoms with Gasteiger partial charge >= 0.3 is 0 Å². The van der Waals surface area contributed by atoms with Crippen LogP contribution in [-0.4, -0.2) is 15.6 Å². The molecule has 1 aromatic rings. The van der Waals surface area contributed by atoms with Crippen molar-refractivity contribution in [1.29, 1.82) is 0 Å². The third-order valence-corrected chi connectivity index (χ3v) is 3.63. The van der Waals surface area contributed by atoms with Gasteiger partial charge < -0.3 is 10.3 Å². The quantitative estimate of drug-likeness (QED) is 0.822. The minimum atomic E-state index is 0.430. The van der Waals surface area contributed by atoms with Crippen molar-refractivity contribution in [2.75, 3.05) is 0 Å². The van der Waals surface area contributed by atoms with E-state index in [4.69, 9.17) is 5.73 Å². The molecule has 1 saturated carbocycles. The Kier molecular flexibility index (Phi) is 3.41. The van der Waals surface area contributed by atoms with Crippen LogP contribution in [0, 0.1) is 5.92 Å². The zero-order chi connectivity index (χ0) is 10.7. The zero-order valence-corrected chi connectivity index (χ0v) is 9.52. The Morgan fingerprint density at radius 2 is 2.27 bits per heavy atom.